The van der Waals surface area contributed by atoms with E-state index in [0.717, 1.165) is 5.69 Å². The van der Waals surface area contributed by atoms with Crippen LogP contribution in [-0.4, -0.2) is 23.5 Å². The third-order valence-electron chi connectivity index (χ3n) is 2.83. The largest absolute Gasteiger partial charge is 0.299 e. The van der Waals surface area contributed by atoms with Gasteiger partial charge in [-0.2, -0.15) is 0 Å². The molecular weight excluding hydrogens is 160 g/mol. The Kier molecular flexibility index (Phi) is 2.32. The summed E-state index contributed by atoms with van der Waals surface area (Å²) in [5, 5.41) is 0. The predicted molar refractivity (Wildman–Crippen MR) is 53.6 cm³/mol. The van der Waals surface area contributed by atoms with Gasteiger partial charge in [0.1, 0.15) is 0 Å². The molecule has 0 N–H and O–H groups in total. The normalized spacial score (nSPS) is 23.7. The number of nitrogens with zero attached hydrogens (tertiary/aromatic N) is 2. The van der Waals surface area contributed by atoms with Crippen LogP contribution in [0.5, 0.6) is 0 Å². The lowest BCUT2D eigenvalue weighted by molar-refractivity contribution is 0.317. The van der Waals surface area contributed by atoms with E-state index in [1.54, 1.807) is 0 Å². The zero-order chi connectivity index (χ0) is 9.26. The van der Waals surface area contributed by atoms with Crippen LogP contribution >= 0.6 is 0 Å². The maximum Gasteiger partial charge on any atom is 0.0375 e. The number of hydrogen-bond donors (Lipinski definition) is 0. The zero-order valence-electron chi connectivity index (χ0n) is 8.33. The monoisotopic (exact) mass is 176 g/mol. The first-order chi connectivity index (χ1) is 6.27. The molecule has 70 valence electrons. The molecule has 1 aliphatic rings. The lowest BCUT2D eigenvalue weighted by Crippen LogP contribution is -2.17. The summed E-state index contributed by atoms with van der Waals surface area (Å²) in [6.07, 6.45) is 4.53. The van der Waals surface area contributed by atoms with Crippen molar-refractivity contribution in [2.45, 2.75) is 25.8 Å². The molecule has 1 aliphatic heterocycles. The van der Waals surface area contributed by atoms with Gasteiger partial charge in [-0.25, -0.2) is 0 Å². The van der Waals surface area contributed by atoms with Gasteiger partial charge >= 0.3 is 0 Å². The second kappa shape index (κ2) is 3.46. The van der Waals surface area contributed by atoms with Crippen LogP contribution in [0.3, 0.4) is 0 Å². The van der Waals surface area contributed by atoms with Gasteiger partial charge in [0.15, 0.2) is 0 Å². The van der Waals surface area contributed by atoms with Crippen molar-refractivity contribution in [3.05, 3.63) is 29.6 Å². The Bertz CT molecular complexity index is 296. The van der Waals surface area contributed by atoms with Crippen molar-refractivity contribution < 1.29 is 0 Å². The van der Waals surface area contributed by atoms with Gasteiger partial charge in [-0.3, -0.25) is 9.88 Å². The third-order valence-corrected chi connectivity index (χ3v) is 2.83. The van der Waals surface area contributed by atoms with Crippen LogP contribution in [0.2, 0.25) is 0 Å². The second-order valence-electron chi connectivity index (χ2n) is 3.87. The third kappa shape index (κ3) is 1.73. The van der Waals surface area contributed by atoms with Crippen molar-refractivity contribution in [2.75, 3.05) is 13.6 Å². The van der Waals surface area contributed by atoms with Crippen LogP contribution in [-0.2, 0) is 0 Å². The molecule has 0 spiro atoms. The molecule has 2 nitrogen and oxygen atoms in total. The molecule has 1 atom stereocenters. The van der Waals surface area contributed by atoms with Crippen LogP contribution in [0.25, 0.3) is 0 Å². The van der Waals surface area contributed by atoms with Crippen molar-refractivity contribution >= 4 is 0 Å². The van der Waals surface area contributed by atoms with Gasteiger partial charge in [0.05, 0.1) is 0 Å². The summed E-state index contributed by atoms with van der Waals surface area (Å²) in [6.45, 7) is 3.28. The van der Waals surface area contributed by atoms with Crippen LogP contribution < -0.4 is 0 Å². The lowest BCUT2D eigenvalue weighted by atomic mass is 10.1. The van der Waals surface area contributed by atoms with E-state index in [1.807, 2.05) is 6.20 Å². The molecule has 2 rings (SSSR count). The Hall–Kier alpha value is -0.890. The van der Waals surface area contributed by atoms with Crippen LogP contribution in [0.4, 0.5) is 0 Å². The SMILES string of the molecule is Cc1cc([C@@H]2CCCN2C)ccn1. The number of pyridine rings is 1. The molecule has 2 heterocycles. The molecule has 0 aromatic carbocycles. The minimum absolute atomic E-state index is 0.627. The van der Waals surface area contributed by atoms with Gasteiger partial charge in [-0.15, -0.1) is 0 Å². The van der Waals surface area contributed by atoms with E-state index in [0.29, 0.717) is 6.04 Å². The van der Waals surface area contributed by atoms with Gasteiger partial charge in [0.2, 0.25) is 0 Å². The molecule has 0 amide bonds. The van der Waals surface area contributed by atoms with Crippen molar-refractivity contribution in [1.82, 2.24) is 9.88 Å². The van der Waals surface area contributed by atoms with Crippen LogP contribution in [0.15, 0.2) is 18.3 Å². The number of rotatable bonds is 1. The molecule has 1 fully saturated rings. The molecule has 1 aromatic heterocycles. The summed E-state index contributed by atoms with van der Waals surface area (Å²) in [7, 11) is 2.20. The summed E-state index contributed by atoms with van der Waals surface area (Å²) in [5.41, 5.74) is 2.55. The van der Waals surface area contributed by atoms with E-state index >= 15 is 0 Å². The van der Waals surface area contributed by atoms with E-state index in [4.69, 9.17) is 0 Å². The molecular formula is C11H16N2. The molecule has 13 heavy (non-hydrogen) atoms. The van der Waals surface area contributed by atoms with E-state index in [9.17, 15) is 0 Å². The second-order valence-corrected chi connectivity index (χ2v) is 3.87. The maximum atomic E-state index is 4.22. The lowest BCUT2D eigenvalue weighted by Gasteiger charge is -2.19. The molecule has 2 heteroatoms. The molecule has 1 aromatic rings. The molecule has 0 bridgehead atoms. The average Bonchev–Trinajstić information content (AvgIpc) is 2.51. The Morgan fingerprint density at radius 1 is 1.54 bits per heavy atom. The standard InChI is InChI=1S/C11H16N2/c1-9-8-10(5-6-12-9)11-4-3-7-13(11)2/h5-6,8,11H,3-4,7H2,1-2H3/t11-/m0/s1. The fourth-order valence-corrected chi connectivity index (χ4v) is 2.11. The minimum Gasteiger partial charge on any atom is -0.299 e. The number of aromatic nitrogens is 1. The van der Waals surface area contributed by atoms with E-state index in [1.165, 1.54) is 24.9 Å². The highest BCUT2D eigenvalue weighted by atomic mass is 15.1. The Morgan fingerprint density at radius 3 is 3.00 bits per heavy atom. The molecule has 0 aliphatic carbocycles. The van der Waals surface area contributed by atoms with E-state index < -0.39 is 0 Å². The summed E-state index contributed by atoms with van der Waals surface area (Å²) < 4.78 is 0. The smallest absolute Gasteiger partial charge is 0.0375 e. The summed E-state index contributed by atoms with van der Waals surface area (Å²) in [4.78, 5) is 6.64. The van der Waals surface area contributed by atoms with Crippen molar-refractivity contribution in [3.8, 4) is 0 Å². The first-order valence-corrected chi connectivity index (χ1v) is 4.90. The Morgan fingerprint density at radius 2 is 2.38 bits per heavy atom. The number of aryl methyl sites for hydroxylation is 1. The van der Waals surface area contributed by atoms with E-state index in [2.05, 4.69) is 36.0 Å². The van der Waals surface area contributed by atoms with Crippen molar-refractivity contribution in [1.29, 1.82) is 0 Å². The minimum atomic E-state index is 0.627. The summed E-state index contributed by atoms with van der Waals surface area (Å²) >= 11 is 0. The zero-order valence-corrected chi connectivity index (χ0v) is 8.33. The van der Waals surface area contributed by atoms with Gasteiger partial charge < -0.3 is 0 Å². The number of hydrogen-bond acceptors (Lipinski definition) is 2. The summed E-state index contributed by atoms with van der Waals surface area (Å²) in [6, 6.07) is 4.97. The Labute approximate surface area is 79.6 Å². The topological polar surface area (TPSA) is 16.1 Å². The molecule has 0 radical (unpaired) electrons. The average molecular weight is 176 g/mol. The van der Waals surface area contributed by atoms with Gasteiger partial charge in [0, 0.05) is 17.9 Å². The van der Waals surface area contributed by atoms with Gasteiger partial charge in [-0.05, 0) is 51.1 Å². The van der Waals surface area contributed by atoms with Gasteiger partial charge in [0.25, 0.3) is 0 Å². The van der Waals surface area contributed by atoms with Gasteiger partial charge in [-0.1, -0.05) is 0 Å². The highest BCUT2D eigenvalue weighted by molar-refractivity contribution is 5.20. The first kappa shape index (κ1) is 8.70. The number of likely N-dealkylation sites (tertiary alicyclic amines) is 1. The first-order valence-electron chi connectivity index (χ1n) is 4.90. The Balaban J connectivity index is 2.24. The predicted octanol–water partition coefficient (Wildman–Crippen LogP) is 2.16. The molecule has 0 unspecified atom stereocenters. The molecule has 1 saturated heterocycles. The van der Waals surface area contributed by atoms with Crippen molar-refractivity contribution in [2.24, 2.45) is 0 Å². The fourth-order valence-electron chi connectivity index (χ4n) is 2.11. The molecule has 0 saturated carbocycles. The summed E-state index contributed by atoms with van der Waals surface area (Å²) in [5.74, 6) is 0. The van der Waals surface area contributed by atoms with Crippen LogP contribution in [0.1, 0.15) is 30.1 Å². The van der Waals surface area contributed by atoms with E-state index in [-0.39, 0.29) is 0 Å². The maximum absolute atomic E-state index is 4.22. The highest BCUT2D eigenvalue weighted by Crippen LogP contribution is 2.29. The fraction of sp³-hybridized carbons (Fsp3) is 0.545. The quantitative estimate of drug-likeness (QED) is 0.652. The highest BCUT2D eigenvalue weighted by Gasteiger charge is 2.22. The van der Waals surface area contributed by atoms with Crippen molar-refractivity contribution in [3.63, 3.8) is 0 Å². The van der Waals surface area contributed by atoms with Crippen LogP contribution in [0, 0.1) is 6.92 Å².